The number of benzene rings is 1. The Balaban J connectivity index is 2.07. The van der Waals surface area contributed by atoms with Gasteiger partial charge in [0.15, 0.2) is 11.5 Å². The van der Waals surface area contributed by atoms with E-state index in [-0.39, 0.29) is 23.9 Å². The van der Waals surface area contributed by atoms with Crippen molar-refractivity contribution < 1.29 is 19.1 Å². The zero-order chi connectivity index (χ0) is 21.6. The second-order valence-corrected chi connectivity index (χ2v) is 7.53. The summed E-state index contributed by atoms with van der Waals surface area (Å²) in [5.74, 6) is 1.11. The SMILES string of the molecule is CCN(CC)C(=O)N1CCCC(C(=O)NC(C)c2cc(OC)c(OC)cc2C)C1. The van der Waals surface area contributed by atoms with Crippen LogP contribution >= 0.6 is 0 Å². The molecule has 0 saturated carbocycles. The summed E-state index contributed by atoms with van der Waals surface area (Å²) in [7, 11) is 3.21. The van der Waals surface area contributed by atoms with Gasteiger partial charge in [-0.15, -0.1) is 0 Å². The van der Waals surface area contributed by atoms with Gasteiger partial charge in [-0.1, -0.05) is 0 Å². The van der Waals surface area contributed by atoms with Crippen LogP contribution in [0, 0.1) is 12.8 Å². The molecule has 0 spiro atoms. The Morgan fingerprint density at radius 3 is 2.41 bits per heavy atom. The largest absolute Gasteiger partial charge is 0.493 e. The summed E-state index contributed by atoms with van der Waals surface area (Å²) < 4.78 is 10.7. The van der Waals surface area contributed by atoms with Crippen molar-refractivity contribution in [2.75, 3.05) is 40.4 Å². The number of carbonyl (C=O) groups is 2. The number of likely N-dealkylation sites (tertiary alicyclic amines) is 1. The van der Waals surface area contributed by atoms with E-state index in [1.54, 1.807) is 19.1 Å². The van der Waals surface area contributed by atoms with Gasteiger partial charge in [-0.05, 0) is 63.8 Å². The molecule has 7 heteroatoms. The minimum Gasteiger partial charge on any atom is -0.493 e. The van der Waals surface area contributed by atoms with E-state index in [9.17, 15) is 9.59 Å². The number of aryl methyl sites for hydroxylation is 1. The first kappa shape index (κ1) is 22.8. The Morgan fingerprint density at radius 1 is 1.21 bits per heavy atom. The highest BCUT2D eigenvalue weighted by molar-refractivity contribution is 5.81. The van der Waals surface area contributed by atoms with Crippen LogP contribution in [0.4, 0.5) is 4.79 Å². The molecule has 1 heterocycles. The van der Waals surface area contributed by atoms with Crippen molar-refractivity contribution in [3.05, 3.63) is 23.3 Å². The third-order valence-corrected chi connectivity index (χ3v) is 5.69. The zero-order valence-electron chi connectivity index (χ0n) is 18.6. The molecule has 2 rings (SSSR count). The molecule has 2 atom stereocenters. The van der Waals surface area contributed by atoms with Crippen LogP contribution in [-0.2, 0) is 4.79 Å². The molecular formula is C22H35N3O4. The van der Waals surface area contributed by atoms with Gasteiger partial charge in [-0.3, -0.25) is 4.79 Å². The average molecular weight is 406 g/mol. The molecule has 1 aliphatic heterocycles. The quantitative estimate of drug-likeness (QED) is 0.755. The van der Waals surface area contributed by atoms with Crippen molar-refractivity contribution >= 4 is 11.9 Å². The molecular weight excluding hydrogens is 370 g/mol. The van der Waals surface area contributed by atoms with Crippen molar-refractivity contribution in [2.45, 2.75) is 46.6 Å². The average Bonchev–Trinajstić information content (AvgIpc) is 2.74. The molecule has 0 bridgehead atoms. The van der Waals surface area contributed by atoms with E-state index in [2.05, 4.69) is 5.32 Å². The maximum absolute atomic E-state index is 12.9. The van der Waals surface area contributed by atoms with Crippen molar-refractivity contribution in [1.82, 2.24) is 15.1 Å². The van der Waals surface area contributed by atoms with Crippen LogP contribution in [-0.4, -0.2) is 62.1 Å². The molecule has 0 aromatic heterocycles. The predicted octanol–water partition coefficient (Wildman–Crippen LogP) is 3.36. The summed E-state index contributed by atoms with van der Waals surface area (Å²) in [4.78, 5) is 29.2. The summed E-state index contributed by atoms with van der Waals surface area (Å²) >= 11 is 0. The van der Waals surface area contributed by atoms with Gasteiger partial charge < -0.3 is 24.6 Å². The molecule has 7 nitrogen and oxygen atoms in total. The minimum absolute atomic E-state index is 0.0104. The van der Waals surface area contributed by atoms with Crippen LogP contribution in [0.25, 0.3) is 0 Å². The summed E-state index contributed by atoms with van der Waals surface area (Å²) in [6, 6.07) is 3.69. The number of piperidine rings is 1. The Morgan fingerprint density at radius 2 is 1.83 bits per heavy atom. The number of methoxy groups -OCH3 is 2. The lowest BCUT2D eigenvalue weighted by Crippen LogP contribution is -2.50. The van der Waals surface area contributed by atoms with E-state index in [0.29, 0.717) is 37.7 Å². The number of urea groups is 1. The lowest BCUT2D eigenvalue weighted by atomic mass is 9.95. The van der Waals surface area contributed by atoms with Crippen LogP contribution in [0.3, 0.4) is 0 Å². The van der Waals surface area contributed by atoms with Crippen molar-refractivity contribution in [3.63, 3.8) is 0 Å². The lowest BCUT2D eigenvalue weighted by molar-refractivity contribution is -0.127. The van der Waals surface area contributed by atoms with E-state index in [1.165, 1.54) is 0 Å². The molecule has 1 aromatic carbocycles. The smallest absolute Gasteiger partial charge is 0.320 e. The predicted molar refractivity (Wildman–Crippen MR) is 113 cm³/mol. The normalized spacial score (nSPS) is 17.4. The number of ether oxygens (including phenoxy) is 2. The van der Waals surface area contributed by atoms with Crippen molar-refractivity contribution in [3.8, 4) is 11.5 Å². The van der Waals surface area contributed by atoms with E-state index >= 15 is 0 Å². The standard InChI is InChI=1S/C22H35N3O4/c1-7-24(8-2)22(27)25-11-9-10-17(14-25)21(26)23-16(4)18-13-20(29-6)19(28-5)12-15(18)3/h12-13,16-17H,7-11,14H2,1-6H3,(H,23,26). The third-order valence-electron chi connectivity index (χ3n) is 5.69. The topological polar surface area (TPSA) is 71.1 Å². The molecule has 1 aromatic rings. The minimum atomic E-state index is -0.189. The van der Waals surface area contributed by atoms with Gasteiger partial charge >= 0.3 is 6.03 Å². The fourth-order valence-electron chi connectivity index (χ4n) is 3.93. The summed E-state index contributed by atoms with van der Waals surface area (Å²) in [6.45, 7) is 10.4. The van der Waals surface area contributed by atoms with Gasteiger partial charge in [0.25, 0.3) is 0 Å². The Labute approximate surface area is 174 Å². The molecule has 2 unspecified atom stereocenters. The van der Waals surface area contributed by atoms with Crippen LogP contribution in [0.5, 0.6) is 11.5 Å². The molecule has 3 amide bonds. The third kappa shape index (κ3) is 5.34. The molecule has 1 N–H and O–H groups in total. The first-order valence-electron chi connectivity index (χ1n) is 10.4. The number of amides is 3. The second-order valence-electron chi connectivity index (χ2n) is 7.53. The highest BCUT2D eigenvalue weighted by Gasteiger charge is 2.30. The lowest BCUT2D eigenvalue weighted by Gasteiger charge is -2.35. The van der Waals surface area contributed by atoms with Crippen LogP contribution in [0.1, 0.15) is 50.8 Å². The first-order valence-corrected chi connectivity index (χ1v) is 10.4. The van der Waals surface area contributed by atoms with Gasteiger partial charge in [0, 0.05) is 26.2 Å². The number of hydrogen-bond acceptors (Lipinski definition) is 4. The highest BCUT2D eigenvalue weighted by Crippen LogP contribution is 2.33. The van der Waals surface area contributed by atoms with Crippen molar-refractivity contribution in [1.29, 1.82) is 0 Å². The fraction of sp³-hybridized carbons (Fsp3) is 0.636. The summed E-state index contributed by atoms with van der Waals surface area (Å²) in [5.41, 5.74) is 2.01. The number of hydrogen-bond donors (Lipinski definition) is 1. The van der Waals surface area contributed by atoms with E-state index in [0.717, 1.165) is 24.0 Å². The Kier molecular flexibility index (Phi) is 8.17. The van der Waals surface area contributed by atoms with Gasteiger partial charge in [-0.2, -0.15) is 0 Å². The molecule has 0 aliphatic carbocycles. The maximum atomic E-state index is 12.9. The Hall–Kier alpha value is -2.44. The summed E-state index contributed by atoms with van der Waals surface area (Å²) in [6.07, 6.45) is 1.64. The summed E-state index contributed by atoms with van der Waals surface area (Å²) in [5, 5.41) is 3.13. The molecule has 1 saturated heterocycles. The monoisotopic (exact) mass is 405 g/mol. The number of nitrogens with one attached hydrogen (secondary N) is 1. The molecule has 0 radical (unpaired) electrons. The van der Waals surface area contributed by atoms with E-state index < -0.39 is 0 Å². The zero-order valence-corrected chi connectivity index (χ0v) is 18.6. The van der Waals surface area contributed by atoms with E-state index in [4.69, 9.17) is 9.47 Å². The number of carbonyl (C=O) groups excluding carboxylic acids is 2. The van der Waals surface area contributed by atoms with Gasteiger partial charge in [0.2, 0.25) is 5.91 Å². The number of rotatable bonds is 7. The molecule has 162 valence electrons. The van der Waals surface area contributed by atoms with E-state index in [1.807, 2.05) is 44.7 Å². The Bertz CT molecular complexity index is 718. The van der Waals surface area contributed by atoms with Crippen LogP contribution in [0.15, 0.2) is 12.1 Å². The molecule has 1 aliphatic rings. The maximum Gasteiger partial charge on any atom is 0.320 e. The molecule has 1 fully saturated rings. The second kappa shape index (κ2) is 10.4. The van der Waals surface area contributed by atoms with Gasteiger partial charge in [0.1, 0.15) is 0 Å². The van der Waals surface area contributed by atoms with Gasteiger partial charge in [-0.25, -0.2) is 4.79 Å². The highest BCUT2D eigenvalue weighted by atomic mass is 16.5. The fourth-order valence-corrected chi connectivity index (χ4v) is 3.93. The van der Waals surface area contributed by atoms with Crippen molar-refractivity contribution in [2.24, 2.45) is 5.92 Å². The van der Waals surface area contributed by atoms with Gasteiger partial charge in [0.05, 0.1) is 26.2 Å². The first-order chi connectivity index (χ1) is 13.9. The number of nitrogens with zero attached hydrogens (tertiary/aromatic N) is 2. The molecule has 29 heavy (non-hydrogen) atoms. The van der Waals surface area contributed by atoms with Crippen LogP contribution < -0.4 is 14.8 Å². The van der Waals surface area contributed by atoms with Crippen LogP contribution in [0.2, 0.25) is 0 Å².